The fraction of sp³-hybridized carbons (Fsp3) is 0.462. The summed E-state index contributed by atoms with van der Waals surface area (Å²) in [5.41, 5.74) is -3.40. The summed E-state index contributed by atoms with van der Waals surface area (Å²) in [5.74, 6) is -1.36. The monoisotopic (exact) mass is 311 g/mol. The number of ether oxygens (including phenoxy) is 1. The molecule has 1 aromatic rings. The third-order valence-corrected chi connectivity index (χ3v) is 3.63. The zero-order valence-corrected chi connectivity index (χ0v) is 11.6. The van der Waals surface area contributed by atoms with E-state index >= 15 is 0 Å². The summed E-state index contributed by atoms with van der Waals surface area (Å²) < 4.78 is 19.1. The molecule has 0 aliphatic carbocycles. The third-order valence-electron chi connectivity index (χ3n) is 3.63. The summed E-state index contributed by atoms with van der Waals surface area (Å²) in [4.78, 5) is 25.5. The van der Waals surface area contributed by atoms with Crippen LogP contribution in [0.4, 0.5) is 4.39 Å². The molecule has 118 valence electrons. The molecule has 1 aliphatic heterocycles. The first-order valence-corrected chi connectivity index (χ1v) is 6.38. The first kappa shape index (κ1) is 16.1. The van der Waals surface area contributed by atoms with Crippen molar-refractivity contribution < 1.29 is 19.3 Å². The maximum Gasteiger partial charge on any atom is 0.330 e. The van der Waals surface area contributed by atoms with E-state index in [4.69, 9.17) is 4.74 Å². The number of rotatable bonds is 3. The van der Waals surface area contributed by atoms with Gasteiger partial charge in [0, 0.05) is 11.8 Å². The lowest BCUT2D eigenvalue weighted by Crippen LogP contribution is -2.47. The van der Waals surface area contributed by atoms with Gasteiger partial charge in [0.2, 0.25) is 0 Å². The molecule has 1 aliphatic rings. The van der Waals surface area contributed by atoms with Crippen LogP contribution in [0, 0.1) is 24.2 Å². The number of hydrogen-bond acceptors (Lipinski definition) is 6. The van der Waals surface area contributed by atoms with Crippen molar-refractivity contribution in [2.75, 3.05) is 6.61 Å². The van der Waals surface area contributed by atoms with Crippen LogP contribution in [-0.2, 0) is 10.5 Å². The quantitative estimate of drug-likeness (QED) is 0.648. The molecule has 1 unspecified atom stereocenters. The predicted molar refractivity (Wildman–Crippen MR) is 71.4 cm³/mol. The van der Waals surface area contributed by atoms with Gasteiger partial charge in [-0.1, -0.05) is 0 Å². The summed E-state index contributed by atoms with van der Waals surface area (Å²) in [5, 5.41) is 28.5. The van der Waals surface area contributed by atoms with E-state index in [1.165, 1.54) is 6.92 Å². The van der Waals surface area contributed by atoms with Crippen LogP contribution in [0.3, 0.4) is 0 Å². The normalized spacial score (nSPS) is 31.5. The molecule has 0 amide bonds. The van der Waals surface area contributed by atoms with Gasteiger partial charge in [0.1, 0.15) is 18.1 Å². The third kappa shape index (κ3) is 2.27. The van der Waals surface area contributed by atoms with Crippen molar-refractivity contribution in [3.63, 3.8) is 0 Å². The lowest BCUT2D eigenvalue weighted by molar-refractivity contribution is -0.0949. The number of aliphatic hydroxyl groups excluding tert-OH is 2. The van der Waals surface area contributed by atoms with Gasteiger partial charge in [-0.15, -0.1) is 0 Å². The molecule has 2 heterocycles. The molecule has 8 nitrogen and oxygen atoms in total. The van der Waals surface area contributed by atoms with Crippen LogP contribution < -0.4 is 11.2 Å². The van der Waals surface area contributed by atoms with Crippen LogP contribution >= 0.6 is 0 Å². The number of aliphatic hydroxyl groups is 2. The number of aromatic nitrogens is 2. The number of aromatic amines is 1. The Balaban J connectivity index is 2.75. The molecule has 22 heavy (non-hydrogen) atoms. The van der Waals surface area contributed by atoms with Gasteiger partial charge in [-0.2, -0.15) is 5.26 Å². The Bertz CT molecular complexity index is 749. The first-order valence-electron chi connectivity index (χ1n) is 6.38. The van der Waals surface area contributed by atoms with Crippen LogP contribution in [0.15, 0.2) is 28.2 Å². The molecule has 1 saturated heterocycles. The second-order valence-corrected chi connectivity index (χ2v) is 4.92. The Morgan fingerprint density at radius 3 is 2.86 bits per heavy atom. The Kier molecular flexibility index (Phi) is 4.27. The van der Waals surface area contributed by atoms with Crippen LogP contribution in [0.5, 0.6) is 0 Å². The summed E-state index contributed by atoms with van der Waals surface area (Å²) in [6.45, 7) is 0.788. The van der Waals surface area contributed by atoms with E-state index in [-0.39, 0.29) is 11.9 Å². The van der Waals surface area contributed by atoms with Gasteiger partial charge < -0.3 is 14.9 Å². The number of H-pyrrole nitrogens is 1. The summed E-state index contributed by atoms with van der Waals surface area (Å²) in [6, 6.07) is 1.76. The van der Waals surface area contributed by atoms with Crippen LogP contribution in [0.2, 0.25) is 0 Å². The van der Waals surface area contributed by atoms with Crippen molar-refractivity contribution >= 4 is 0 Å². The zero-order chi connectivity index (χ0) is 16.5. The fourth-order valence-corrected chi connectivity index (χ4v) is 2.51. The Hall–Kier alpha value is -2.28. The van der Waals surface area contributed by atoms with E-state index in [9.17, 15) is 29.5 Å². The SMILES string of the molecule is Cc1cn([C@]2(C=CF)O[C@H](CO)[C@@H](O)C2C#N)c(=O)[nH]c1=O. The minimum Gasteiger partial charge on any atom is -0.394 e. The largest absolute Gasteiger partial charge is 0.394 e. The van der Waals surface area contributed by atoms with Gasteiger partial charge >= 0.3 is 5.69 Å². The van der Waals surface area contributed by atoms with Crippen molar-refractivity contribution in [3.8, 4) is 6.07 Å². The Labute approximate surface area is 123 Å². The minimum atomic E-state index is -1.97. The van der Waals surface area contributed by atoms with Gasteiger partial charge in [-0.3, -0.25) is 14.3 Å². The van der Waals surface area contributed by atoms with Crippen LogP contribution in [-0.4, -0.2) is 38.6 Å². The van der Waals surface area contributed by atoms with Crippen molar-refractivity contribution in [2.45, 2.75) is 24.9 Å². The average molecular weight is 311 g/mol. The van der Waals surface area contributed by atoms with Crippen molar-refractivity contribution in [2.24, 2.45) is 5.92 Å². The molecule has 2 rings (SSSR count). The fourth-order valence-electron chi connectivity index (χ4n) is 2.51. The number of nitriles is 1. The highest BCUT2D eigenvalue weighted by molar-refractivity contribution is 5.17. The zero-order valence-electron chi connectivity index (χ0n) is 11.6. The molecule has 4 atom stereocenters. The number of hydrogen-bond donors (Lipinski definition) is 3. The number of nitrogens with zero attached hydrogens (tertiary/aromatic N) is 2. The molecule has 0 aromatic carbocycles. The van der Waals surface area contributed by atoms with Crippen molar-refractivity contribution in [1.29, 1.82) is 5.26 Å². The maximum absolute atomic E-state index is 12.9. The number of aryl methyl sites for hydroxylation is 1. The molecule has 9 heteroatoms. The van der Waals surface area contributed by atoms with E-state index in [0.29, 0.717) is 0 Å². The molecular weight excluding hydrogens is 297 g/mol. The number of halogens is 1. The Morgan fingerprint density at radius 1 is 1.64 bits per heavy atom. The van der Waals surface area contributed by atoms with Crippen molar-refractivity contribution in [1.82, 2.24) is 9.55 Å². The van der Waals surface area contributed by atoms with Gasteiger partial charge in [0.05, 0.1) is 19.0 Å². The molecule has 0 radical (unpaired) electrons. The van der Waals surface area contributed by atoms with Gasteiger partial charge in [-0.05, 0) is 13.0 Å². The Morgan fingerprint density at radius 2 is 2.32 bits per heavy atom. The van der Waals surface area contributed by atoms with E-state index in [1.807, 2.05) is 4.98 Å². The standard InChI is InChI=1S/C13H14FN3O5/c1-7-5-17(12(21)16-11(7)20)13(2-3-14)8(4-15)10(19)9(6-18)22-13/h2-3,5,8-10,18-19H,6H2,1H3,(H,16,20,21)/t8?,9-,10+,13-/m1/s1. The summed E-state index contributed by atoms with van der Waals surface area (Å²) >= 11 is 0. The molecule has 1 aromatic heterocycles. The van der Waals surface area contributed by atoms with Gasteiger partial charge in [-0.25, -0.2) is 9.18 Å². The second kappa shape index (κ2) is 5.84. The van der Waals surface area contributed by atoms with E-state index in [0.717, 1.165) is 16.8 Å². The van der Waals surface area contributed by atoms with E-state index in [1.54, 1.807) is 6.07 Å². The molecule has 0 bridgehead atoms. The summed E-state index contributed by atoms with van der Waals surface area (Å²) in [6.07, 6.45) is -0.647. The second-order valence-electron chi connectivity index (χ2n) is 4.92. The minimum absolute atomic E-state index is 0.0731. The average Bonchev–Trinajstić information content (AvgIpc) is 2.75. The number of nitrogens with one attached hydrogen (secondary N) is 1. The highest BCUT2D eigenvalue weighted by Gasteiger charge is 2.55. The molecule has 3 N–H and O–H groups in total. The van der Waals surface area contributed by atoms with Gasteiger partial charge in [0.25, 0.3) is 5.56 Å². The highest BCUT2D eigenvalue weighted by atomic mass is 19.1. The molecular formula is C13H14FN3O5. The molecule has 1 fully saturated rings. The maximum atomic E-state index is 12.9. The lowest BCUT2D eigenvalue weighted by atomic mass is 9.92. The predicted octanol–water partition coefficient (Wildman–Crippen LogP) is -1.13. The smallest absolute Gasteiger partial charge is 0.330 e. The summed E-state index contributed by atoms with van der Waals surface area (Å²) in [7, 11) is 0. The van der Waals surface area contributed by atoms with E-state index < -0.39 is 41.7 Å². The van der Waals surface area contributed by atoms with Crippen LogP contribution in [0.25, 0.3) is 0 Å². The van der Waals surface area contributed by atoms with Crippen molar-refractivity contribution in [3.05, 3.63) is 45.0 Å². The molecule has 0 spiro atoms. The first-order chi connectivity index (χ1) is 10.4. The highest BCUT2D eigenvalue weighted by Crippen LogP contribution is 2.40. The lowest BCUT2D eigenvalue weighted by Gasteiger charge is -2.30. The topological polar surface area (TPSA) is 128 Å². The van der Waals surface area contributed by atoms with E-state index in [2.05, 4.69) is 0 Å². The van der Waals surface area contributed by atoms with Crippen LogP contribution in [0.1, 0.15) is 5.56 Å². The van der Waals surface area contributed by atoms with Gasteiger partial charge in [0.15, 0.2) is 5.72 Å². The molecule has 0 saturated carbocycles.